The molecule has 1 aliphatic carbocycles. The van der Waals surface area contributed by atoms with Crippen LogP contribution in [0.25, 0.3) is 0 Å². The molecule has 0 bridgehead atoms. The van der Waals surface area contributed by atoms with Crippen LogP contribution in [0.15, 0.2) is 0 Å². The summed E-state index contributed by atoms with van der Waals surface area (Å²) in [6, 6.07) is -0.0810. The van der Waals surface area contributed by atoms with Crippen molar-refractivity contribution < 1.29 is 28.2 Å². The van der Waals surface area contributed by atoms with Gasteiger partial charge in [0.2, 0.25) is 0 Å². The zero-order valence-electron chi connectivity index (χ0n) is 11.7. The zero-order valence-corrected chi connectivity index (χ0v) is 11.7. The van der Waals surface area contributed by atoms with Crippen LogP contribution in [0.1, 0.15) is 46.0 Å². The van der Waals surface area contributed by atoms with Crippen LogP contribution in [0, 0.1) is 5.92 Å². The first kappa shape index (κ1) is 16.7. The second-order valence-corrected chi connectivity index (χ2v) is 5.48. The molecule has 0 saturated heterocycles. The van der Waals surface area contributed by atoms with E-state index in [9.17, 15) is 18.4 Å². The summed E-state index contributed by atoms with van der Waals surface area (Å²) in [6.07, 6.45) is 1.67. The van der Waals surface area contributed by atoms with E-state index in [0.29, 0.717) is 0 Å². The van der Waals surface area contributed by atoms with E-state index in [1.165, 1.54) is 13.8 Å². The van der Waals surface area contributed by atoms with Gasteiger partial charge in [0.15, 0.2) is 6.10 Å². The predicted molar refractivity (Wildman–Crippen MR) is 67.7 cm³/mol. The lowest BCUT2D eigenvalue weighted by atomic mass is 9.96. The molecule has 1 fully saturated rings. The molecule has 20 heavy (non-hydrogen) atoms. The Balaban J connectivity index is 2.61. The van der Waals surface area contributed by atoms with Gasteiger partial charge in [-0.3, -0.25) is 0 Å². The Morgan fingerprint density at radius 3 is 2.25 bits per heavy atom. The van der Waals surface area contributed by atoms with Gasteiger partial charge in [-0.05, 0) is 18.8 Å². The van der Waals surface area contributed by atoms with Gasteiger partial charge in [0, 0.05) is 6.04 Å². The van der Waals surface area contributed by atoms with Gasteiger partial charge in [-0.2, -0.15) is 8.78 Å². The van der Waals surface area contributed by atoms with E-state index < -0.39 is 30.0 Å². The van der Waals surface area contributed by atoms with Crippen molar-refractivity contribution in [2.75, 3.05) is 0 Å². The maximum absolute atomic E-state index is 13.5. The van der Waals surface area contributed by atoms with Gasteiger partial charge in [-0.15, -0.1) is 0 Å². The lowest BCUT2D eigenvalue weighted by Gasteiger charge is -2.28. The number of carbonyl (C=O) groups is 2. The van der Waals surface area contributed by atoms with E-state index in [-0.39, 0.29) is 6.04 Å². The minimum absolute atomic E-state index is 0.0810. The molecule has 1 aliphatic rings. The molecule has 7 heteroatoms. The van der Waals surface area contributed by atoms with Gasteiger partial charge in [0.05, 0.1) is 0 Å². The monoisotopic (exact) mass is 293 g/mol. The Labute approximate surface area is 116 Å². The van der Waals surface area contributed by atoms with Gasteiger partial charge >= 0.3 is 18.0 Å². The Kier molecular flexibility index (Phi) is 5.71. The maximum Gasteiger partial charge on any atom is 0.407 e. The van der Waals surface area contributed by atoms with Crippen molar-refractivity contribution in [3.05, 3.63) is 0 Å². The average molecular weight is 293 g/mol. The number of hydrogen-bond donors (Lipinski definition) is 2. The highest BCUT2D eigenvalue weighted by atomic mass is 19.3. The van der Waals surface area contributed by atoms with Crippen molar-refractivity contribution in [3.63, 3.8) is 0 Å². The molecule has 0 heterocycles. The fourth-order valence-corrected chi connectivity index (χ4v) is 2.31. The molecule has 1 saturated carbocycles. The standard InChI is InChI=1S/C13H21F2NO4/c1-8(2)10(13(14,15)11(17)18)20-12(19)16-9-6-4-3-5-7-9/h8-10H,3-7H2,1-2H3,(H,16,19)(H,17,18). The number of ether oxygens (including phenoxy) is 1. The highest BCUT2D eigenvalue weighted by Crippen LogP contribution is 2.28. The third kappa shape index (κ3) is 4.31. The number of alkyl carbamates (subject to hydrolysis) is 1. The van der Waals surface area contributed by atoms with Crippen LogP contribution in [0.5, 0.6) is 0 Å². The Bertz CT molecular complexity index is 354. The molecule has 0 radical (unpaired) electrons. The molecule has 1 amide bonds. The SMILES string of the molecule is CC(C)C(OC(=O)NC1CCCCC1)C(F)(F)C(=O)O. The maximum atomic E-state index is 13.5. The van der Waals surface area contributed by atoms with Gasteiger partial charge in [-0.1, -0.05) is 33.1 Å². The highest BCUT2D eigenvalue weighted by Gasteiger charge is 2.51. The fraction of sp³-hybridized carbons (Fsp3) is 0.846. The number of aliphatic carboxylic acids is 1. The summed E-state index contributed by atoms with van der Waals surface area (Å²) in [5, 5.41) is 11.1. The lowest BCUT2D eigenvalue weighted by molar-refractivity contribution is -0.186. The summed E-state index contributed by atoms with van der Waals surface area (Å²) < 4.78 is 31.7. The summed E-state index contributed by atoms with van der Waals surface area (Å²) >= 11 is 0. The summed E-state index contributed by atoms with van der Waals surface area (Å²) in [7, 11) is 0. The highest BCUT2D eigenvalue weighted by molar-refractivity contribution is 5.77. The van der Waals surface area contributed by atoms with Gasteiger partial charge in [0.25, 0.3) is 0 Å². The van der Waals surface area contributed by atoms with E-state index in [1.54, 1.807) is 0 Å². The summed E-state index contributed by atoms with van der Waals surface area (Å²) in [5.41, 5.74) is 0. The Morgan fingerprint density at radius 1 is 1.25 bits per heavy atom. The van der Waals surface area contributed by atoms with Crippen LogP contribution < -0.4 is 5.32 Å². The number of carboxylic acid groups (broad SMARTS) is 1. The van der Waals surface area contributed by atoms with Crippen molar-refractivity contribution in [1.29, 1.82) is 0 Å². The van der Waals surface area contributed by atoms with Crippen LogP contribution in [-0.2, 0) is 9.53 Å². The predicted octanol–water partition coefficient (Wildman–Crippen LogP) is 2.79. The molecular formula is C13H21F2NO4. The van der Waals surface area contributed by atoms with E-state index in [1.807, 2.05) is 0 Å². The first-order valence-electron chi connectivity index (χ1n) is 6.83. The number of halogens is 2. The number of rotatable bonds is 5. The number of amides is 1. The van der Waals surface area contributed by atoms with E-state index in [2.05, 4.69) is 10.1 Å². The van der Waals surface area contributed by atoms with Crippen LogP contribution in [0.4, 0.5) is 13.6 Å². The Morgan fingerprint density at radius 2 is 1.80 bits per heavy atom. The molecule has 116 valence electrons. The lowest BCUT2D eigenvalue weighted by Crippen LogP contribution is -2.49. The van der Waals surface area contributed by atoms with E-state index in [0.717, 1.165) is 32.1 Å². The van der Waals surface area contributed by atoms with Crippen molar-refractivity contribution in [2.45, 2.75) is 64.0 Å². The molecule has 0 aromatic heterocycles. The van der Waals surface area contributed by atoms with Crippen LogP contribution in [-0.4, -0.2) is 35.2 Å². The van der Waals surface area contributed by atoms with Gasteiger partial charge in [0.1, 0.15) is 0 Å². The number of alkyl halides is 2. The molecule has 1 unspecified atom stereocenters. The van der Waals surface area contributed by atoms with Crippen molar-refractivity contribution >= 4 is 12.1 Å². The molecule has 1 rings (SSSR count). The quantitative estimate of drug-likeness (QED) is 0.817. The normalized spacial score (nSPS) is 18.6. The smallest absolute Gasteiger partial charge is 0.407 e. The Hall–Kier alpha value is -1.40. The van der Waals surface area contributed by atoms with Crippen LogP contribution in [0.2, 0.25) is 0 Å². The topological polar surface area (TPSA) is 75.6 Å². The van der Waals surface area contributed by atoms with Crippen LogP contribution >= 0.6 is 0 Å². The molecule has 0 spiro atoms. The van der Waals surface area contributed by atoms with E-state index >= 15 is 0 Å². The van der Waals surface area contributed by atoms with Crippen molar-refractivity contribution in [1.82, 2.24) is 5.32 Å². The first-order chi connectivity index (χ1) is 9.25. The third-order valence-electron chi connectivity index (χ3n) is 3.41. The van der Waals surface area contributed by atoms with E-state index in [4.69, 9.17) is 5.11 Å². The number of nitrogens with one attached hydrogen (secondary N) is 1. The largest absolute Gasteiger partial charge is 0.477 e. The molecule has 0 aromatic rings. The molecular weight excluding hydrogens is 272 g/mol. The molecule has 0 aromatic carbocycles. The summed E-state index contributed by atoms with van der Waals surface area (Å²) in [5.74, 6) is -7.20. The minimum atomic E-state index is -4.10. The second kappa shape index (κ2) is 6.85. The van der Waals surface area contributed by atoms with Crippen molar-refractivity contribution in [2.24, 2.45) is 5.92 Å². The number of carbonyl (C=O) groups excluding carboxylic acids is 1. The minimum Gasteiger partial charge on any atom is -0.477 e. The summed E-state index contributed by atoms with van der Waals surface area (Å²) in [4.78, 5) is 22.2. The molecule has 0 aliphatic heterocycles. The average Bonchev–Trinajstić information content (AvgIpc) is 2.36. The summed E-state index contributed by atoms with van der Waals surface area (Å²) in [6.45, 7) is 2.77. The van der Waals surface area contributed by atoms with Crippen LogP contribution in [0.3, 0.4) is 0 Å². The number of carboxylic acids is 1. The van der Waals surface area contributed by atoms with Crippen molar-refractivity contribution in [3.8, 4) is 0 Å². The van der Waals surface area contributed by atoms with Gasteiger partial charge in [-0.25, -0.2) is 9.59 Å². The molecule has 2 N–H and O–H groups in total. The fourth-order valence-electron chi connectivity index (χ4n) is 2.31. The zero-order chi connectivity index (χ0) is 15.3. The first-order valence-corrected chi connectivity index (χ1v) is 6.83. The third-order valence-corrected chi connectivity index (χ3v) is 3.41. The number of hydrogen-bond acceptors (Lipinski definition) is 3. The molecule has 5 nitrogen and oxygen atoms in total. The molecule has 1 atom stereocenters. The second-order valence-electron chi connectivity index (χ2n) is 5.48. The van der Waals surface area contributed by atoms with Gasteiger partial charge < -0.3 is 15.2 Å².